The average Bonchev–Trinajstić information content (AvgIpc) is 2.04. The molecule has 1 unspecified atom stereocenters. The first-order valence-electron chi connectivity index (χ1n) is 4.32. The number of hydrogen-bond donors (Lipinski definition) is 0. The van der Waals surface area contributed by atoms with E-state index < -0.39 is 0 Å². The third-order valence-electron chi connectivity index (χ3n) is 1.61. The van der Waals surface area contributed by atoms with Gasteiger partial charge in [0.25, 0.3) is 0 Å². The number of ether oxygens (including phenoxy) is 1. The van der Waals surface area contributed by atoms with Crippen LogP contribution in [0.2, 0.25) is 0 Å². The Kier molecular flexibility index (Phi) is 7.59. The fourth-order valence-electron chi connectivity index (χ4n) is 0.802. The highest BCUT2D eigenvalue weighted by atomic mass is 16.5. The van der Waals surface area contributed by atoms with E-state index in [0.717, 1.165) is 12.8 Å². The molecule has 0 spiro atoms. The van der Waals surface area contributed by atoms with E-state index >= 15 is 0 Å². The van der Waals surface area contributed by atoms with Crippen LogP contribution in [0.15, 0.2) is 12.2 Å². The van der Waals surface area contributed by atoms with Gasteiger partial charge >= 0.3 is 0 Å². The molecule has 0 heterocycles. The molecule has 0 saturated carbocycles. The van der Waals surface area contributed by atoms with Crippen LogP contribution in [0.3, 0.4) is 0 Å². The van der Waals surface area contributed by atoms with Crippen molar-refractivity contribution in [2.45, 2.75) is 38.7 Å². The van der Waals surface area contributed by atoms with Crippen molar-refractivity contribution in [3.63, 3.8) is 0 Å². The first-order valence-corrected chi connectivity index (χ1v) is 4.32. The van der Waals surface area contributed by atoms with E-state index in [1.54, 1.807) is 7.11 Å². The molecule has 0 rings (SSSR count). The van der Waals surface area contributed by atoms with E-state index in [1.165, 1.54) is 12.8 Å². The van der Waals surface area contributed by atoms with Crippen molar-refractivity contribution < 1.29 is 4.74 Å². The second kappa shape index (κ2) is 7.80. The highest BCUT2D eigenvalue weighted by Crippen LogP contribution is 2.01. The molecule has 0 aliphatic rings. The molecule has 1 heteroatoms. The first kappa shape index (κ1) is 10.7. The Morgan fingerprint density at radius 1 is 1.36 bits per heavy atom. The van der Waals surface area contributed by atoms with Crippen molar-refractivity contribution in [2.75, 3.05) is 7.11 Å². The van der Waals surface area contributed by atoms with Gasteiger partial charge in [-0.05, 0) is 26.2 Å². The van der Waals surface area contributed by atoms with Crippen LogP contribution in [0.5, 0.6) is 0 Å². The molecule has 65 valence electrons. The minimum absolute atomic E-state index is 0.154. The third kappa shape index (κ3) is 7.60. The molecule has 11 heavy (non-hydrogen) atoms. The lowest BCUT2D eigenvalue weighted by molar-refractivity contribution is 0.132. The Hall–Kier alpha value is -0.300. The molecule has 1 nitrogen and oxygen atoms in total. The molecule has 0 aromatic rings. The number of methoxy groups -OCH3 is 1. The van der Waals surface area contributed by atoms with Crippen molar-refractivity contribution in [2.24, 2.45) is 0 Å². The first-order chi connectivity index (χ1) is 5.31. The minimum atomic E-state index is 0.154. The Bertz CT molecular complexity index is 97.0. The van der Waals surface area contributed by atoms with Crippen LogP contribution >= 0.6 is 0 Å². The van der Waals surface area contributed by atoms with Gasteiger partial charge in [-0.3, -0.25) is 0 Å². The van der Waals surface area contributed by atoms with Crippen molar-refractivity contribution in [3.8, 4) is 0 Å². The molecule has 0 aliphatic heterocycles. The van der Waals surface area contributed by atoms with Crippen LogP contribution in [0, 0.1) is 6.92 Å². The van der Waals surface area contributed by atoms with Gasteiger partial charge in [0.05, 0.1) is 6.10 Å². The molecular formula is C10H19O. The van der Waals surface area contributed by atoms with Crippen molar-refractivity contribution in [1.82, 2.24) is 0 Å². The number of allylic oxidation sites excluding steroid dienone is 2. The summed E-state index contributed by atoms with van der Waals surface area (Å²) in [6.45, 7) is 6.00. The van der Waals surface area contributed by atoms with Gasteiger partial charge in [-0.2, -0.15) is 0 Å². The second-order valence-electron chi connectivity index (χ2n) is 2.70. The van der Waals surface area contributed by atoms with Crippen LogP contribution in [-0.4, -0.2) is 13.2 Å². The maximum Gasteiger partial charge on any atom is 0.0575 e. The molecule has 1 radical (unpaired) electrons. The topological polar surface area (TPSA) is 9.23 Å². The van der Waals surface area contributed by atoms with Gasteiger partial charge in [0.15, 0.2) is 0 Å². The summed E-state index contributed by atoms with van der Waals surface area (Å²) in [6, 6.07) is 0. The zero-order valence-corrected chi connectivity index (χ0v) is 7.68. The van der Waals surface area contributed by atoms with Gasteiger partial charge in [-0.25, -0.2) is 0 Å². The van der Waals surface area contributed by atoms with E-state index in [-0.39, 0.29) is 6.10 Å². The summed E-state index contributed by atoms with van der Waals surface area (Å²) in [4.78, 5) is 0. The van der Waals surface area contributed by atoms with E-state index in [9.17, 15) is 0 Å². The van der Waals surface area contributed by atoms with Gasteiger partial charge in [0.1, 0.15) is 0 Å². The Labute approximate surface area is 70.4 Å². The van der Waals surface area contributed by atoms with E-state index in [2.05, 4.69) is 26.0 Å². The summed E-state index contributed by atoms with van der Waals surface area (Å²) in [5.74, 6) is 0. The van der Waals surface area contributed by atoms with Crippen molar-refractivity contribution >= 4 is 0 Å². The largest absolute Gasteiger partial charge is 0.381 e. The van der Waals surface area contributed by atoms with Crippen LogP contribution in [-0.2, 0) is 4.74 Å². The van der Waals surface area contributed by atoms with Gasteiger partial charge in [0, 0.05) is 7.11 Å². The van der Waals surface area contributed by atoms with Crippen LogP contribution in [0.1, 0.15) is 32.6 Å². The third-order valence-corrected chi connectivity index (χ3v) is 1.61. The zero-order valence-electron chi connectivity index (χ0n) is 7.68. The number of unbranched alkanes of at least 4 members (excludes halogenated alkanes) is 1. The smallest absolute Gasteiger partial charge is 0.0575 e. The minimum Gasteiger partial charge on any atom is -0.381 e. The van der Waals surface area contributed by atoms with Crippen LogP contribution in [0.4, 0.5) is 0 Å². The lowest BCUT2D eigenvalue weighted by atomic mass is 10.2. The average molecular weight is 155 g/mol. The second-order valence-corrected chi connectivity index (χ2v) is 2.70. The molecule has 0 amide bonds. The Morgan fingerprint density at radius 2 is 2.00 bits per heavy atom. The summed E-state index contributed by atoms with van der Waals surface area (Å²) in [7, 11) is 1.70. The monoisotopic (exact) mass is 155 g/mol. The summed E-state index contributed by atoms with van der Waals surface area (Å²) in [6.07, 6.45) is 9.12. The lowest BCUT2D eigenvalue weighted by Gasteiger charge is -2.05. The van der Waals surface area contributed by atoms with E-state index in [1.807, 2.05) is 0 Å². The van der Waals surface area contributed by atoms with Crippen LogP contribution < -0.4 is 0 Å². The van der Waals surface area contributed by atoms with Gasteiger partial charge in [-0.1, -0.05) is 25.5 Å². The highest BCUT2D eigenvalue weighted by Gasteiger charge is 1.94. The highest BCUT2D eigenvalue weighted by molar-refractivity contribution is 4.82. The summed E-state index contributed by atoms with van der Waals surface area (Å²) >= 11 is 0. The maximum atomic E-state index is 5.01. The fraction of sp³-hybridized carbons (Fsp3) is 0.700. The summed E-state index contributed by atoms with van der Waals surface area (Å²) < 4.78 is 5.01. The molecule has 0 bridgehead atoms. The number of rotatable bonds is 6. The molecule has 1 atom stereocenters. The Morgan fingerprint density at radius 3 is 2.55 bits per heavy atom. The molecule has 0 N–H and O–H groups in total. The zero-order chi connectivity index (χ0) is 8.53. The molecule has 0 saturated heterocycles. The fourth-order valence-corrected chi connectivity index (χ4v) is 0.802. The Balaban J connectivity index is 3.12. The predicted molar refractivity (Wildman–Crippen MR) is 49.4 cm³/mol. The van der Waals surface area contributed by atoms with E-state index in [0.29, 0.717) is 0 Å². The van der Waals surface area contributed by atoms with Crippen molar-refractivity contribution in [1.29, 1.82) is 0 Å². The summed E-state index contributed by atoms with van der Waals surface area (Å²) in [5, 5.41) is 0. The quantitative estimate of drug-likeness (QED) is 0.536. The predicted octanol–water partition coefficient (Wildman–Crippen LogP) is 2.97. The molecule has 0 aromatic carbocycles. The van der Waals surface area contributed by atoms with Gasteiger partial charge in [-0.15, -0.1) is 0 Å². The molecular weight excluding hydrogens is 136 g/mol. The maximum absolute atomic E-state index is 5.01. The van der Waals surface area contributed by atoms with Gasteiger partial charge < -0.3 is 4.74 Å². The lowest BCUT2D eigenvalue weighted by Crippen LogP contribution is -2.03. The van der Waals surface area contributed by atoms with E-state index in [4.69, 9.17) is 4.74 Å². The molecule has 0 aliphatic carbocycles. The number of hydrogen-bond acceptors (Lipinski definition) is 1. The molecule has 0 aromatic heterocycles. The SMILES string of the molecule is [CH2]C(CCC=CCCC)OC. The van der Waals surface area contributed by atoms with Gasteiger partial charge in [0.2, 0.25) is 0 Å². The molecule has 0 fully saturated rings. The van der Waals surface area contributed by atoms with Crippen LogP contribution in [0.25, 0.3) is 0 Å². The summed E-state index contributed by atoms with van der Waals surface area (Å²) in [5.41, 5.74) is 0. The normalized spacial score (nSPS) is 14.1. The van der Waals surface area contributed by atoms with Crippen molar-refractivity contribution in [3.05, 3.63) is 19.1 Å². The standard InChI is InChI=1S/C10H19O/c1-4-5-6-7-8-9-10(2)11-3/h6-7,10H,2,4-5,8-9H2,1,3H3.